The highest BCUT2D eigenvalue weighted by atomic mass is 19.1. The minimum atomic E-state index is -0.624. The van der Waals surface area contributed by atoms with Gasteiger partial charge in [0.1, 0.15) is 5.82 Å². The second kappa shape index (κ2) is 6.72. The van der Waals surface area contributed by atoms with Crippen LogP contribution in [-0.2, 0) is 4.79 Å². The van der Waals surface area contributed by atoms with Gasteiger partial charge in [0.2, 0.25) is 5.91 Å². The van der Waals surface area contributed by atoms with Crippen LogP contribution in [0.1, 0.15) is 32.3 Å². The molecule has 19 heavy (non-hydrogen) atoms. The Morgan fingerprint density at radius 1 is 1.58 bits per heavy atom. The highest BCUT2D eigenvalue weighted by Gasteiger charge is 2.11. The van der Waals surface area contributed by atoms with Crippen molar-refractivity contribution in [1.82, 2.24) is 0 Å². The molecule has 4 N–H and O–H groups in total. The summed E-state index contributed by atoms with van der Waals surface area (Å²) in [5.41, 5.74) is 5.68. The van der Waals surface area contributed by atoms with Crippen LogP contribution in [-0.4, -0.2) is 17.0 Å². The number of amidine groups is 1. The van der Waals surface area contributed by atoms with E-state index in [1.807, 2.05) is 13.8 Å². The van der Waals surface area contributed by atoms with Gasteiger partial charge in [0.15, 0.2) is 5.84 Å². The molecule has 1 aromatic rings. The van der Waals surface area contributed by atoms with E-state index in [-0.39, 0.29) is 28.9 Å². The van der Waals surface area contributed by atoms with Crippen LogP contribution >= 0.6 is 0 Å². The Hall–Kier alpha value is -2.11. The molecule has 0 saturated carbocycles. The Morgan fingerprint density at radius 2 is 2.26 bits per heavy atom. The first-order valence-electron chi connectivity index (χ1n) is 6.05. The zero-order valence-electron chi connectivity index (χ0n) is 11.0. The molecule has 1 rings (SSSR count). The first kappa shape index (κ1) is 14.9. The van der Waals surface area contributed by atoms with Gasteiger partial charge in [-0.25, -0.2) is 4.39 Å². The molecular formula is C13H18FN3O2. The molecule has 0 spiro atoms. The van der Waals surface area contributed by atoms with Crippen LogP contribution in [0.25, 0.3) is 0 Å². The number of carbonyl (C=O) groups excluding carboxylic acids is 1. The smallest absolute Gasteiger partial charge is 0.224 e. The van der Waals surface area contributed by atoms with E-state index in [1.54, 1.807) is 0 Å². The van der Waals surface area contributed by atoms with Crippen molar-refractivity contribution >= 4 is 17.4 Å². The molecule has 1 amide bonds. The number of nitrogens with two attached hydrogens (primary N) is 1. The van der Waals surface area contributed by atoms with Crippen LogP contribution in [0.4, 0.5) is 10.1 Å². The van der Waals surface area contributed by atoms with Crippen molar-refractivity contribution in [3.63, 3.8) is 0 Å². The van der Waals surface area contributed by atoms with Gasteiger partial charge < -0.3 is 16.3 Å². The topological polar surface area (TPSA) is 87.7 Å². The Morgan fingerprint density at radius 3 is 2.79 bits per heavy atom. The summed E-state index contributed by atoms with van der Waals surface area (Å²) in [6.45, 7) is 3.95. The Labute approximate surface area is 111 Å². The number of oxime groups is 1. The summed E-state index contributed by atoms with van der Waals surface area (Å²) in [5, 5.41) is 13.8. The van der Waals surface area contributed by atoms with Gasteiger partial charge in [0, 0.05) is 12.0 Å². The predicted octanol–water partition coefficient (Wildman–Crippen LogP) is 2.29. The molecule has 0 heterocycles. The number of hydrogen-bond acceptors (Lipinski definition) is 3. The molecule has 6 heteroatoms. The highest BCUT2D eigenvalue weighted by Crippen LogP contribution is 2.17. The number of rotatable bonds is 5. The molecule has 1 aromatic carbocycles. The number of halogens is 1. The van der Waals surface area contributed by atoms with Gasteiger partial charge in [0.25, 0.3) is 0 Å². The van der Waals surface area contributed by atoms with E-state index in [1.165, 1.54) is 12.1 Å². The molecule has 0 aliphatic rings. The molecule has 0 aliphatic carbocycles. The number of carbonyl (C=O) groups is 1. The molecule has 0 aliphatic heterocycles. The van der Waals surface area contributed by atoms with E-state index in [2.05, 4.69) is 10.5 Å². The molecule has 1 atom stereocenters. The molecular weight excluding hydrogens is 249 g/mol. The Kier molecular flexibility index (Phi) is 5.29. The lowest BCUT2D eigenvalue weighted by atomic mass is 10.0. The lowest BCUT2D eigenvalue weighted by Gasteiger charge is -2.10. The summed E-state index contributed by atoms with van der Waals surface area (Å²) in [6, 6.07) is 3.96. The summed E-state index contributed by atoms with van der Waals surface area (Å²) in [5.74, 6) is -0.790. The second-order valence-electron chi connectivity index (χ2n) is 4.45. The molecule has 1 unspecified atom stereocenters. The molecule has 0 bridgehead atoms. The standard InChI is InChI=1S/C13H18FN3O2/c1-3-8(2)6-12(18)16-11-5-4-9(7-10(11)14)13(15)17-19/h4-5,7-8,19H,3,6H2,1-2H3,(H2,15,17)(H,16,18). The predicted molar refractivity (Wildman–Crippen MR) is 71.6 cm³/mol. The summed E-state index contributed by atoms with van der Waals surface area (Å²) in [6.07, 6.45) is 1.23. The third kappa shape index (κ3) is 4.24. The van der Waals surface area contributed by atoms with Gasteiger partial charge in [-0.1, -0.05) is 25.4 Å². The highest BCUT2D eigenvalue weighted by molar-refractivity contribution is 5.98. The fraction of sp³-hybridized carbons (Fsp3) is 0.385. The maximum absolute atomic E-state index is 13.7. The minimum Gasteiger partial charge on any atom is -0.409 e. The van der Waals surface area contributed by atoms with Crippen LogP contribution in [0.15, 0.2) is 23.4 Å². The normalized spacial score (nSPS) is 13.1. The van der Waals surface area contributed by atoms with Crippen molar-refractivity contribution < 1.29 is 14.4 Å². The molecule has 5 nitrogen and oxygen atoms in total. The van der Waals surface area contributed by atoms with Crippen molar-refractivity contribution in [3.05, 3.63) is 29.6 Å². The molecule has 0 fully saturated rings. The van der Waals surface area contributed by atoms with Crippen LogP contribution in [0.5, 0.6) is 0 Å². The summed E-state index contributed by atoms with van der Waals surface area (Å²) >= 11 is 0. The number of benzene rings is 1. The number of nitrogens with one attached hydrogen (secondary N) is 1. The molecule has 104 valence electrons. The maximum atomic E-state index is 13.7. The van der Waals surface area contributed by atoms with E-state index in [4.69, 9.17) is 10.9 Å². The van der Waals surface area contributed by atoms with E-state index in [0.29, 0.717) is 6.42 Å². The van der Waals surface area contributed by atoms with Crippen molar-refractivity contribution in [2.75, 3.05) is 5.32 Å². The molecule has 0 saturated heterocycles. The summed E-state index contributed by atoms with van der Waals surface area (Å²) in [7, 11) is 0. The fourth-order valence-electron chi connectivity index (χ4n) is 1.50. The van der Waals surface area contributed by atoms with Crippen molar-refractivity contribution in [1.29, 1.82) is 0 Å². The van der Waals surface area contributed by atoms with Crippen molar-refractivity contribution in [3.8, 4) is 0 Å². The maximum Gasteiger partial charge on any atom is 0.224 e. The van der Waals surface area contributed by atoms with E-state index < -0.39 is 5.82 Å². The monoisotopic (exact) mass is 267 g/mol. The van der Waals surface area contributed by atoms with E-state index >= 15 is 0 Å². The minimum absolute atomic E-state index is 0.0859. The van der Waals surface area contributed by atoms with Crippen LogP contribution in [0, 0.1) is 11.7 Å². The fourth-order valence-corrected chi connectivity index (χ4v) is 1.50. The SMILES string of the molecule is CCC(C)CC(=O)Nc1ccc(/C(N)=N/O)cc1F. The largest absolute Gasteiger partial charge is 0.409 e. The lowest BCUT2D eigenvalue weighted by molar-refractivity contribution is -0.117. The number of anilines is 1. The average Bonchev–Trinajstić information content (AvgIpc) is 2.39. The quantitative estimate of drug-likeness (QED) is 0.331. The Bertz CT molecular complexity index is 489. The number of amides is 1. The molecule has 0 radical (unpaired) electrons. The second-order valence-corrected chi connectivity index (χ2v) is 4.45. The lowest BCUT2D eigenvalue weighted by Crippen LogP contribution is -2.17. The first-order chi connectivity index (χ1) is 8.97. The zero-order chi connectivity index (χ0) is 14.4. The summed E-state index contributed by atoms with van der Waals surface area (Å²) in [4.78, 5) is 11.6. The van der Waals surface area contributed by atoms with Crippen molar-refractivity contribution in [2.24, 2.45) is 16.8 Å². The van der Waals surface area contributed by atoms with E-state index in [9.17, 15) is 9.18 Å². The van der Waals surface area contributed by atoms with Gasteiger partial charge in [0.05, 0.1) is 5.69 Å². The van der Waals surface area contributed by atoms with Gasteiger partial charge >= 0.3 is 0 Å². The average molecular weight is 267 g/mol. The van der Waals surface area contributed by atoms with Crippen molar-refractivity contribution in [2.45, 2.75) is 26.7 Å². The van der Waals surface area contributed by atoms with Crippen LogP contribution in [0.3, 0.4) is 0 Å². The first-order valence-corrected chi connectivity index (χ1v) is 6.05. The number of nitrogens with zero attached hydrogens (tertiary/aromatic N) is 1. The van der Waals surface area contributed by atoms with E-state index in [0.717, 1.165) is 12.5 Å². The molecule has 0 aromatic heterocycles. The third-order valence-corrected chi connectivity index (χ3v) is 2.88. The van der Waals surface area contributed by atoms with Gasteiger partial charge in [-0.15, -0.1) is 0 Å². The third-order valence-electron chi connectivity index (χ3n) is 2.88. The van der Waals surface area contributed by atoms with Crippen LogP contribution < -0.4 is 11.1 Å². The van der Waals surface area contributed by atoms with Crippen LogP contribution in [0.2, 0.25) is 0 Å². The zero-order valence-corrected chi connectivity index (χ0v) is 11.0. The Balaban J connectivity index is 2.78. The van der Waals surface area contributed by atoms with Gasteiger partial charge in [-0.2, -0.15) is 0 Å². The summed E-state index contributed by atoms with van der Waals surface area (Å²) < 4.78 is 13.7. The van der Waals surface area contributed by atoms with Gasteiger partial charge in [-0.05, 0) is 24.1 Å². The number of hydrogen-bond donors (Lipinski definition) is 3. The van der Waals surface area contributed by atoms with Gasteiger partial charge in [-0.3, -0.25) is 4.79 Å².